The lowest BCUT2D eigenvalue weighted by Crippen LogP contribution is -2.47. The zero-order valence-electron chi connectivity index (χ0n) is 16.0. The highest BCUT2D eigenvalue weighted by Gasteiger charge is 2.26. The zero-order valence-corrected chi connectivity index (χ0v) is 16.8. The number of aryl methyl sites for hydroxylation is 2. The molecule has 10 heteroatoms. The number of hydrogen-bond acceptors (Lipinski definition) is 5. The van der Waals surface area contributed by atoms with Crippen molar-refractivity contribution in [2.24, 2.45) is 14.1 Å². The fourth-order valence-corrected chi connectivity index (χ4v) is 4.71. The second-order valence-electron chi connectivity index (χ2n) is 7.07. The molecule has 8 nitrogen and oxygen atoms in total. The summed E-state index contributed by atoms with van der Waals surface area (Å²) in [5.41, 5.74) is -0.0850. The van der Waals surface area contributed by atoms with E-state index in [1.807, 2.05) is 4.90 Å². The zero-order chi connectivity index (χ0) is 20.6. The van der Waals surface area contributed by atoms with E-state index in [0.717, 1.165) is 10.6 Å². The SMILES string of the molecule is Cc1cc(S(=O)(=O)NC2CCN(c3cn(C)c(=O)n(C)c3=O)CC2)ccc1F. The van der Waals surface area contributed by atoms with E-state index in [-0.39, 0.29) is 22.1 Å². The molecule has 3 rings (SSSR count). The molecule has 28 heavy (non-hydrogen) atoms. The summed E-state index contributed by atoms with van der Waals surface area (Å²) in [5.74, 6) is -0.453. The monoisotopic (exact) mass is 410 g/mol. The summed E-state index contributed by atoms with van der Waals surface area (Å²) in [6, 6.07) is 3.40. The number of hydrogen-bond donors (Lipinski definition) is 1. The average Bonchev–Trinajstić information content (AvgIpc) is 2.65. The Bertz CT molecular complexity index is 1120. The van der Waals surface area contributed by atoms with Crippen LogP contribution in [0.15, 0.2) is 38.9 Å². The van der Waals surface area contributed by atoms with Crippen LogP contribution >= 0.6 is 0 Å². The Kier molecular flexibility index (Phi) is 5.44. The van der Waals surface area contributed by atoms with Crippen LogP contribution in [0.25, 0.3) is 0 Å². The maximum Gasteiger partial charge on any atom is 0.330 e. The molecule has 0 spiro atoms. The molecule has 2 aromatic rings. The van der Waals surface area contributed by atoms with E-state index in [2.05, 4.69) is 4.72 Å². The first-order valence-electron chi connectivity index (χ1n) is 8.90. The minimum atomic E-state index is -3.75. The van der Waals surface area contributed by atoms with Gasteiger partial charge in [0.15, 0.2) is 0 Å². The fraction of sp³-hybridized carbons (Fsp3) is 0.444. The van der Waals surface area contributed by atoms with E-state index >= 15 is 0 Å². The largest absolute Gasteiger partial charge is 0.366 e. The molecule has 152 valence electrons. The highest BCUT2D eigenvalue weighted by atomic mass is 32.2. The molecule has 1 N–H and O–H groups in total. The molecule has 1 saturated heterocycles. The van der Waals surface area contributed by atoms with Gasteiger partial charge in [-0.05, 0) is 43.5 Å². The molecule has 0 radical (unpaired) electrons. The van der Waals surface area contributed by atoms with Gasteiger partial charge in [-0.3, -0.25) is 9.36 Å². The van der Waals surface area contributed by atoms with Crippen molar-refractivity contribution >= 4 is 15.7 Å². The number of rotatable bonds is 4. The molecular formula is C18H23FN4O4S. The van der Waals surface area contributed by atoms with E-state index < -0.39 is 21.5 Å². The molecule has 0 atom stereocenters. The second kappa shape index (κ2) is 7.51. The van der Waals surface area contributed by atoms with Gasteiger partial charge in [-0.15, -0.1) is 0 Å². The molecule has 0 bridgehead atoms. The highest BCUT2D eigenvalue weighted by molar-refractivity contribution is 7.89. The molecule has 1 aromatic heterocycles. The van der Waals surface area contributed by atoms with Crippen molar-refractivity contribution in [3.63, 3.8) is 0 Å². The van der Waals surface area contributed by atoms with Gasteiger partial charge in [-0.25, -0.2) is 22.3 Å². The van der Waals surface area contributed by atoms with Crippen molar-refractivity contribution in [1.29, 1.82) is 0 Å². The Morgan fingerprint density at radius 2 is 1.79 bits per heavy atom. The number of nitrogens with one attached hydrogen (secondary N) is 1. The van der Waals surface area contributed by atoms with Crippen molar-refractivity contribution in [2.45, 2.75) is 30.7 Å². The summed E-state index contributed by atoms with van der Waals surface area (Å²) in [5, 5.41) is 0. The Morgan fingerprint density at radius 3 is 2.39 bits per heavy atom. The van der Waals surface area contributed by atoms with Gasteiger partial charge in [0.2, 0.25) is 10.0 Å². The standard InChI is InChI=1S/C18H23FN4O4S/c1-12-10-14(4-5-15(12)19)28(26,27)20-13-6-8-23(9-7-13)16-11-21(2)18(25)22(3)17(16)24/h4-5,10-11,13,20H,6-9H2,1-3H3. The lowest BCUT2D eigenvalue weighted by molar-refractivity contribution is 0.457. The molecule has 0 amide bonds. The van der Waals surface area contributed by atoms with Crippen LogP contribution in [0, 0.1) is 12.7 Å². The van der Waals surface area contributed by atoms with E-state index in [9.17, 15) is 22.4 Å². The van der Waals surface area contributed by atoms with Crippen molar-refractivity contribution in [3.05, 3.63) is 56.6 Å². The first-order valence-corrected chi connectivity index (χ1v) is 10.4. The number of anilines is 1. The molecule has 1 aliphatic rings. The first kappa shape index (κ1) is 20.3. The molecule has 1 fully saturated rings. The van der Waals surface area contributed by atoms with E-state index in [1.165, 1.54) is 36.9 Å². The van der Waals surface area contributed by atoms with Crippen LogP contribution in [0.4, 0.5) is 10.1 Å². The number of sulfonamides is 1. The Labute approximate surface area is 162 Å². The summed E-state index contributed by atoms with van der Waals surface area (Å²) < 4.78 is 43.6. The minimum Gasteiger partial charge on any atom is -0.366 e. The summed E-state index contributed by atoms with van der Waals surface area (Å²) in [7, 11) is -0.744. The first-order chi connectivity index (χ1) is 13.1. The van der Waals surface area contributed by atoms with Crippen LogP contribution in [-0.4, -0.2) is 36.7 Å². The van der Waals surface area contributed by atoms with E-state index in [0.29, 0.717) is 31.6 Å². The van der Waals surface area contributed by atoms with Gasteiger partial charge in [-0.1, -0.05) is 0 Å². The minimum absolute atomic E-state index is 0.0285. The Hall–Kier alpha value is -2.46. The molecule has 2 heterocycles. The molecule has 0 aliphatic carbocycles. The van der Waals surface area contributed by atoms with Gasteiger partial charge < -0.3 is 9.47 Å². The fourth-order valence-electron chi connectivity index (χ4n) is 3.32. The number of halogens is 1. The maximum atomic E-state index is 13.4. The van der Waals surface area contributed by atoms with Crippen LogP contribution in [0.3, 0.4) is 0 Å². The highest BCUT2D eigenvalue weighted by Crippen LogP contribution is 2.19. The average molecular weight is 410 g/mol. The third-order valence-electron chi connectivity index (χ3n) is 5.03. The van der Waals surface area contributed by atoms with Gasteiger partial charge in [0, 0.05) is 39.4 Å². The number of nitrogens with zero attached hydrogens (tertiary/aromatic N) is 3. The molecular weight excluding hydrogens is 387 g/mol. The third kappa shape index (κ3) is 3.88. The summed E-state index contributed by atoms with van der Waals surface area (Å²) >= 11 is 0. The van der Waals surface area contributed by atoms with Gasteiger partial charge in [-0.2, -0.15) is 0 Å². The summed E-state index contributed by atoms with van der Waals surface area (Å²) in [6.07, 6.45) is 2.52. The normalized spacial score (nSPS) is 15.8. The summed E-state index contributed by atoms with van der Waals surface area (Å²) in [6.45, 7) is 2.46. The maximum absolute atomic E-state index is 13.4. The predicted molar refractivity (Wildman–Crippen MR) is 104 cm³/mol. The van der Waals surface area contributed by atoms with Crippen LogP contribution in [0.1, 0.15) is 18.4 Å². The van der Waals surface area contributed by atoms with E-state index in [1.54, 1.807) is 7.05 Å². The van der Waals surface area contributed by atoms with Crippen molar-refractivity contribution < 1.29 is 12.8 Å². The van der Waals surface area contributed by atoms with Gasteiger partial charge in [0.05, 0.1) is 4.90 Å². The number of benzene rings is 1. The van der Waals surface area contributed by atoms with Crippen LogP contribution < -0.4 is 20.9 Å². The van der Waals surface area contributed by atoms with Crippen LogP contribution in [-0.2, 0) is 24.1 Å². The lowest BCUT2D eigenvalue weighted by Gasteiger charge is -2.33. The molecule has 1 aromatic carbocycles. The molecule has 1 aliphatic heterocycles. The van der Waals surface area contributed by atoms with Gasteiger partial charge in [0.1, 0.15) is 11.5 Å². The molecule has 0 unspecified atom stereocenters. The van der Waals surface area contributed by atoms with Gasteiger partial charge >= 0.3 is 5.69 Å². The second-order valence-corrected chi connectivity index (χ2v) is 8.78. The van der Waals surface area contributed by atoms with E-state index in [4.69, 9.17) is 0 Å². The van der Waals surface area contributed by atoms with Crippen LogP contribution in [0.5, 0.6) is 0 Å². The topological polar surface area (TPSA) is 93.4 Å². The number of piperidine rings is 1. The smallest absolute Gasteiger partial charge is 0.330 e. The Morgan fingerprint density at radius 1 is 1.14 bits per heavy atom. The number of aromatic nitrogens is 2. The summed E-state index contributed by atoms with van der Waals surface area (Å²) in [4.78, 5) is 26.1. The van der Waals surface area contributed by atoms with Crippen molar-refractivity contribution in [3.8, 4) is 0 Å². The van der Waals surface area contributed by atoms with Crippen molar-refractivity contribution in [2.75, 3.05) is 18.0 Å². The predicted octanol–water partition coefficient (Wildman–Crippen LogP) is 0.479. The molecule has 0 saturated carbocycles. The van der Waals surface area contributed by atoms with Gasteiger partial charge in [0.25, 0.3) is 5.56 Å². The van der Waals surface area contributed by atoms with Crippen LogP contribution in [0.2, 0.25) is 0 Å². The Balaban J connectivity index is 1.71. The quantitative estimate of drug-likeness (QED) is 0.791. The van der Waals surface area contributed by atoms with Crippen molar-refractivity contribution in [1.82, 2.24) is 13.9 Å². The third-order valence-corrected chi connectivity index (χ3v) is 6.54. The lowest BCUT2D eigenvalue weighted by atomic mass is 10.1.